The zero-order valence-corrected chi connectivity index (χ0v) is 16.5. The van der Waals surface area contributed by atoms with Gasteiger partial charge in [0.25, 0.3) is 5.56 Å². The van der Waals surface area contributed by atoms with Gasteiger partial charge in [-0.3, -0.25) is 14.2 Å². The first-order valence-electron chi connectivity index (χ1n) is 9.45. The number of fused-ring (bicyclic) bond motifs is 1. The molecule has 7 heteroatoms. The number of nitrogens with zero attached hydrogens (tertiary/aromatic N) is 2. The lowest BCUT2D eigenvalue weighted by Gasteiger charge is -2.14. The number of rotatable bonds is 6. The largest absolute Gasteiger partial charge is 0.322 e. The van der Waals surface area contributed by atoms with Crippen molar-refractivity contribution in [1.29, 1.82) is 0 Å². The highest BCUT2D eigenvalue weighted by molar-refractivity contribution is 7.98. The molecule has 1 aliphatic rings. The van der Waals surface area contributed by atoms with Gasteiger partial charge >= 0.3 is 0 Å². The van der Waals surface area contributed by atoms with Crippen molar-refractivity contribution in [2.45, 2.75) is 36.7 Å². The summed E-state index contributed by atoms with van der Waals surface area (Å²) < 4.78 is 15.2. The number of hydrogen-bond acceptors (Lipinski definition) is 4. The van der Waals surface area contributed by atoms with Crippen LogP contribution in [0.15, 0.2) is 64.5 Å². The lowest BCUT2D eigenvalue weighted by Crippen LogP contribution is -2.32. The number of thioether (sulfide) groups is 1. The molecule has 3 aromatic rings. The average Bonchev–Trinajstić information content (AvgIpc) is 3.20. The zero-order chi connectivity index (χ0) is 20.2. The Bertz CT molecular complexity index is 1100. The maximum atomic E-state index is 13.8. The Balaban J connectivity index is 1.59. The highest BCUT2D eigenvalue weighted by atomic mass is 32.2. The van der Waals surface area contributed by atoms with E-state index in [0.717, 1.165) is 24.1 Å². The van der Waals surface area contributed by atoms with Crippen LogP contribution in [0, 0.1) is 5.82 Å². The fraction of sp³-hybridized carbons (Fsp3) is 0.227. The van der Waals surface area contributed by atoms with E-state index in [1.54, 1.807) is 12.1 Å². The molecule has 0 saturated carbocycles. The van der Waals surface area contributed by atoms with E-state index in [2.05, 4.69) is 10.3 Å². The number of nitrogens with one attached hydrogen (secondary N) is 1. The molecule has 148 valence electrons. The first-order chi connectivity index (χ1) is 14.1. The van der Waals surface area contributed by atoms with Crippen molar-refractivity contribution in [3.05, 3.63) is 87.6 Å². The van der Waals surface area contributed by atoms with Gasteiger partial charge in [-0.2, -0.15) is 0 Å². The quantitative estimate of drug-likeness (QED) is 0.497. The molecule has 1 aromatic heterocycles. The standard InChI is InChI=1S/C22H20FN3O2S/c23-17-10-4-5-11-19(17)24-20(27)13-26-21(28)16-9-6-12-18(16)25-22(26)29-14-15-7-2-1-3-8-15/h1-5,7-8,10-11H,6,9,12-14H2,(H,24,27). The molecule has 0 saturated heterocycles. The Kier molecular flexibility index (Phi) is 5.76. The topological polar surface area (TPSA) is 64.0 Å². The molecule has 4 rings (SSSR count). The van der Waals surface area contributed by atoms with Crippen LogP contribution >= 0.6 is 11.8 Å². The molecule has 0 spiro atoms. The SMILES string of the molecule is O=C(Cn1c(SCc2ccccc2)nc2c(c1=O)CCC2)Nc1ccccc1F. The number of carbonyl (C=O) groups excluding carboxylic acids is 1. The van der Waals surface area contributed by atoms with Crippen LogP contribution in [-0.2, 0) is 29.9 Å². The number of aryl methyl sites for hydroxylation is 1. The fourth-order valence-corrected chi connectivity index (χ4v) is 4.34. The molecule has 1 amide bonds. The molecule has 1 heterocycles. The predicted octanol–water partition coefficient (Wildman–Crippen LogP) is 3.80. The van der Waals surface area contributed by atoms with E-state index >= 15 is 0 Å². The summed E-state index contributed by atoms with van der Waals surface area (Å²) in [5.74, 6) is -0.335. The smallest absolute Gasteiger partial charge is 0.258 e. The van der Waals surface area contributed by atoms with Gasteiger partial charge in [-0.1, -0.05) is 54.2 Å². The second kappa shape index (κ2) is 8.61. The molecular weight excluding hydrogens is 389 g/mol. The van der Waals surface area contributed by atoms with Crippen LogP contribution in [0.3, 0.4) is 0 Å². The summed E-state index contributed by atoms with van der Waals surface area (Å²) in [4.78, 5) is 30.2. The Morgan fingerprint density at radius 2 is 1.86 bits per heavy atom. The lowest BCUT2D eigenvalue weighted by molar-refractivity contribution is -0.117. The maximum absolute atomic E-state index is 13.8. The summed E-state index contributed by atoms with van der Waals surface area (Å²) in [5, 5.41) is 3.06. The van der Waals surface area contributed by atoms with Gasteiger partial charge in [0.15, 0.2) is 5.16 Å². The van der Waals surface area contributed by atoms with Gasteiger partial charge in [-0.15, -0.1) is 0 Å². The van der Waals surface area contributed by atoms with Crippen molar-refractivity contribution in [1.82, 2.24) is 9.55 Å². The van der Waals surface area contributed by atoms with Gasteiger partial charge in [0, 0.05) is 11.3 Å². The summed E-state index contributed by atoms with van der Waals surface area (Å²) >= 11 is 1.43. The van der Waals surface area contributed by atoms with Crippen LogP contribution in [0.2, 0.25) is 0 Å². The van der Waals surface area contributed by atoms with E-state index in [-0.39, 0.29) is 17.8 Å². The van der Waals surface area contributed by atoms with Gasteiger partial charge in [0.1, 0.15) is 12.4 Å². The van der Waals surface area contributed by atoms with Gasteiger partial charge in [0.05, 0.1) is 11.4 Å². The average molecular weight is 409 g/mol. The van der Waals surface area contributed by atoms with Crippen molar-refractivity contribution < 1.29 is 9.18 Å². The van der Waals surface area contributed by atoms with Crippen LogP contribution in [0.25, 0.3) is 0 Å². The third-order valence-corrected chi connectivity index (χ3v) is 5.86. The first kappa shape index (κ1) is 19.4. The molecule has 1 N–H and O–H groups in total. The molecule has 0 atom stereocenters. The van der Waals surface area contributed by atoms with Crippen LogP contribution in [-0.4, -0.2) is 15.5 Å². The Morgan fingerprint density at radius 3 is 2.66 bits per heavy atom. The van der Waals surface area contributed by atoms with Crippen molar-refractivity contribution >= 4 is 23.4 Å². The normalized spacial score (nSPS) is 12.6. The second-order valence-corrected chi connectivity index (χ2v) is 7.81. The summed E-state index contributed by atoms with van der Waals surface area (Å²) in [6.07, 6.45) is 2.36. The third kappa shape index (κ3) is 4.40. The van der Waals surface area contributed by atoms with Crippen LogP contribution in [0.5, 0.6) is 0 Å². The Morgan fingerprint density at radius 1 is 1.10 bits per heavy atom. The third-order valence-electron chi connectivity index (χ3n) is 4.81. The Labute approximate surface area is 172 Å². The molecule has 0 unspecified atom stereocenters. The molecule has 5 nitrogen and oxygen atoms in total. The van der Waals surface area contributed by atoms with Crippen LogP contribution in [0.4, 0.5) is 10.1 Å². The van der Waals surface area contributed by atoms with Gasteiger partial charge in [-0.05, 0) is 37.0 Å². The molecule has 0 bridgehead atoms. The van der Waals surface area contributed by atoms with E-state index in [4.69, 9.17) is 0 Å². The number of amides is 1. The number of hydrogen-bond donors (Lipinski definition) is 1. The predicted molar refractivity (Wildman–Crippen MR) is 112 cm³/mol. The Hall–Kier alpha value is -2.93. The van der Waals surface area contributed by atoms with Crippen LogP contribution in [0.1, 0.15) is 23.2 Å². The van der Waals surface area contributed by atoms with Gasteiger partial charge in [0.2, 0.25) is 5.91 Å². The summed E-state index contributed by atoms with van der Waals surface area (Å²) in [6.45, 7) is -0.204. The zero-order valence-electron chi connectivity index (χ0n) is 15.7. The molecule has 0 aliphatic heterocycles. The highest BCUT2D eigenvalue weighted by Gasteiger charge is 2.22. The minimum absolute atomic E-state index is 0.0955. The number of benzene rings is 2. The van der Waals surface area contributed by atoms with E-state index < -0.39 is 11.7 Å². The monoisotopic (exact) mass is 409 g/mol. The highest BCUT2D eigenvalue weighted by Crippen LogP contribution is 2.24. The number of para-hydroxylation sites is 1. The maximum Gasteiger partial charge on any atom is 0.258 e. The van der Waals surface area contributed by atoms with Crippen molar-refractivity contribution in [3.63, 3.8) is 0 Å². The van der Waals surface area contributed by atoms with E-state index in [0.29, 0.717) is 22.9 Å². The molecule has 2 aromatic carbocycles. The van der Waals surface area contributed by atoms with Gasteiger partial charge in [-0.25, -0.2) is 9.37 Å². The molecule has 29 heavy (non-hydrogen) atoms. The molecular formula is C22H20FN3O2S. The first-order valence-corrected chi connectivity index (χ1v) is 10.4. The minimum atomic E-state index is -0.515. The number of halogens is 1. The lowest BCUT2D eigenvalue weighted by atomic mass is 10.2. The van der Waals surface area contributed by atoms with Gasteiger partial charge < -0.3 is 5.32 Å². The summed E-state index contributed by atoms with van der Waals surface area (Å²) in [7, 11) is 0. The number of carbonyl (C=O) groups is 1. The second-order valence-electron chi connectivity index (χ2n) is 6.87. The molecule has 0 fully saturated rings. The number of anilines is 1. The van der Waals surface area contributed by atoms with Crippen molar-refractivity contribution in [2.24, 2.45) is 0 Å². The summed E-state index contributed by atoms with van der Waals surface area (Å²) in [5.41, 5.74) is 2.54. The summed E-state index contributed by atoms with van der Waals surface area (Å²) in [6, 6.07) is 15.8. The van der Waals surface area contributed by atoms with E-state index in [1.165, 1.54) is 28.5 Å². The molecule has 1 aliphatic carbocycles. The minimum Gasteiger partial charge on any atom is -0.322 e. The van der Waals surface area contributed by atoms with Crippen molar-refractivity contribution in [2.75, 3.05) is 5.32 Å². The van der Waals surface area contributed by atoms with Crippen molar-refractivity contribution in [3.8, 4) is 0 Å². The number of aromatic nitrogens is 2. The van der Waals surface area contributed by atoms with Crippen LogP contribution < -0.4 is 10.9 Å². The van der Waals surface area contributed by atoms with E-state index in [1.807, 2.05) is 30.3 Å². The fourth-order valence-electron chi connectivity index (χ4n) is 3.37. The molecule has 0 radical (unpaired) electrons. The van der Waals surface area contributed by atoms with E-state index in [9.17, 15) is 14.0 Å².